The topological polar surface area (TPSA) is 123 Å². The molecule has 10 heteroatoms. The van der Waals surface area contributed by atoms with Crippen molar-refractivity contribution < 1.29 is 23.1 Å². The predicted octanol–water partition coefficient (Wildman–Crippen LogP) is 2.23. The summed E-state index contributed by atoms with van der Waals surface area (Å²) in [6, 6.07) is 9.44. The van der Waals surface area contributed by atoms with Gasteiger partial charge in [-0.1, -0.05) is 25.0 Å². The lowest BCUT2D eigenvalue weighted by atomic mass is 9.91. The first-order chi connectivity index (χ1) is 16.7. The zero-order valence-corrected chi connectivity index (χ0v) is 19.4. The highest BCUT2D eigenvalue weighted by Crippen LogP contribution is 2.31. The Labute approximate surface area is 202 Å². The number of hydrogen-bond acceptors (Lipinski definition) is 6. The molecule has 2 atom stereocenters. The second-order valence-corrected chi connectivity index (χ2v) is 7.96. The molecule has 8 nitrogen and oxygen atoms in total. The maximum absolute atomic E-state index is 13.9. The van der Waals surface area contributed by atoms with Gasteiger partial charge in [0.15, 0.2) is 11.6 Å². The SMILES string of the molecule is CC#CC(=O)NCC1CCN/C(=C(\C(N)=O)C(C)c2ccc(Oc3ccc(F)cc3F)cc2)N1N. The fraction of sp³-hybridized carbons (Fsp3) is 0.280. The van der Waals surface area contributed by atoms with E-state index in [-0.39, 0.29) is 23.9 Å². The normalized spacial score (nSPS) is 17.4. The number of nitrogens with two attached hydrogens (primary N) is 2. The average Bonchev–Trinajstić information content (AvgIpc) is 2.81. The van der Waals surface area contributed by atoms with Crippen molar-refractivity contribution >= 4 is 11.8 Å². The molecule has 1 saturated heterocycles. The highest BCUT2D eigenvalue weighted by molar-refractivity contribution is 5.94. The van der Waals surface area contributed by atoms with E-state index in [1.54, 1.807) is 38.1 Å². The number of halogens is 2. The van der Waals surface area contributed by atoms with Crippen molar-refractivity contribution in [3.8, 4) is 23.3 Å². The van der Waals surface area contributed by atoms with Crippen molar-refractivity contribution in [3.63, 3.8) is 0 Å². The van der Waals surface area contributed by atoms with Gasteiger partial charge in [-0.15, -0.1) is 0 Å². The number of carbonyl (C=O) groups is 2. The number of benzene rings is 2. The van der Waals surface area contributed by atoms with E-state index in [0.717, 1.165) is 17.7 Å². The van der Waals surface area contributed by atoms with Crippen LogP contribution < -0.4 is 26.9 Å². The number of nitrogens with zero attached hydrogens (tertiary/aromatic N) is 1. The zero-order chi connectivity index (χ0) is 25.5. The maximum Gasteiger partial charge on any atom is 0.295 e. The van der Waals surface area contributed by atoms with Crippen LogP contribution in [0.3, 0.4) is 0 Å². The first-order valence-corrected chi connectivity index (χ1v) is 11.0. The van der Waals surface area contributed by atoms with Crippen LogP contribution in [0.15, 0.2) is 53.9 Å². The molecular weight excluding hydrogens is 456 g/mol. The van der Waals surface area contributed by atoms with Gasteiger partial charge in [0, 0.05) is 25.1 Å². The highest BCUT2D eigenvalue weighted by Gasteiger charge is 2.30. The number of ether oxygens (including phenoxy) is 1. The molecular formula is C25H27F2N5O3. The summed E-state index contributed by atoms with van der Waals surface area (Å²) in [5.41, 5.74) is 6.74. The van der Waals surface area contributed by atoms with Crippen molar-refractivity contribution in [1.29, 1.82) is 0 Å². The summed E-state index contributed by atoms with van der Waals surface area (Å²) >= 11 is 0. The van der Waals surface area contributed by atoms with Crippen LogP contribution in [0.5, 0.6) is 11.5 Å². The smallest absolute Gasteiger partial charge is 0.295 e. The summed E-state index contributed by atoms with van der Waals surface area (Å²) < 4.78 is 32.5. The molecule has 1 fully saturated rings. The van der Waals surface area contributed by atoms with Gasteiger partial charge < -0.3 is 21.1 Å². The molecule has 184 valence electrons. The minimum Gasteiger partial charge on any atom is -0.454 e. The first kappa shape index (κ1) is 25.5. The highest BCUT2D eigenvalue weighted by atomic mass is 19.1. The quantitative estimate of drug-likeness (QED) is 0.272. The van der Waals surface area contributed by atoms with E-state index < -0.39 is 29.4 Å². The van der Waals surface area contributed by atoms with Crippen molar-refractivity contribution in [1.82, 2.24) is 15.6 Å². The van der Waals surface area contributed by atoms with Gasteiger partial charge in [-0.25, -0.2) is 14.6 Å². The molecule has 2 aromatic rings. The second-order valence-electron chi connectivity index (χ2n) is 7.96. The Bertz CT molecular complexity index is 1190. The van der Waals surface area contributed by atoms with Gasteiger partial charge in [-0.05, 0) is 49.1 Å². The molecule has 3 rings (SSSR count). The van der Waals surface area contributed by atoms with Crippen molar-refractivity contribution in [3.05, 3.63) is 71.1 Å². The molecule has 0 saturated carbocycles. The molecule has 0 radical (unpaired) electrons. The molecule has 0 bridgehead atoms. The molecule has 2 aromatic carbocycles. The van der Waals surface area contributed by atoms with Gasteiger partial charge in [0.1, 0.15) is 17.4 Å². The van der Waals surface area contributed by atoms with Gasteiger partial charge >= 0.3 is 0 Å². The predicted molar refractivity (Wildman–Crippen MR) is 126 cm³/mol. The van der Waals surface area contributed by atoms with Gasteiger partial charge in [0.05, 0.1) is 11.6 Å². The third-order valence-corrected chi connectivity index (χ3v) is 5.61. The minimum atomic E-state index is -0.818. The van der Waals surface area contributed by atoms with Crippen LogP contribution in [0.25, 0.3) is 0 Å². The molecule has 35 heavy (non-hydrogen) atoms. The van der Waals surface area contributed by atoms with E-state index in [2.05, 4.69) is 22.5 Å². The zero-order valence-electron chi connectivity index (χ0n) is 19.4. The summed E-state index contributed by atoms with van der Waals surface area (Å²) in [6.07, 6.45) is 0.631. The van der Waals surface area contributed by atoms with Crippen LogP contribution in [0, 0.1) is 23.5 Å². The standard InChI is InChI=1S/C25H27F2N5O3/c1-3-4-22(33)31-14-18-11-12-30-25(32(18)29)23(24(28)34)15(2)16-5-8-19(9-6-16)35-21-10-7-17(26)13-20(21)27/h5-10,13,15,18,30H,11-12,14,29H2,1-2H3,(H2,28,34)(H,31,33)/b25-23+. The monoisotopic (exact) mass is 483 g/mol. The minimum absolute atomic E-state index is 0.111. The molecule has 0 aromatic heterocycles. The molecule has 6 N–H and O–H groups in total. The fourth-order valence-electron chi connectivity index (χ4n) is 3.78. The molecule has 1 aliphatic heterocycles. The molecule has 1 heterocycles. The maximum atomic E-state index is 13.9. The number of primary amides is 1. The lowest BCUT2D eigenvalue weighted by Crippen LogP contribution is -2.55. The fourth-order valence-corrected chi connectivity index (χ4v) is 3.78. The van der Waals surface area contributed by atoms with Crippen LogP contribution in [0.2, 0.25) is 0 Å². The number of carbonyl (C=O) groups excluding carboxylic acids is 2. The first-order valence-electron chi connectivity index (χ1n) is 11.0. The Balaban J connectivity index is 1.80. The van der Waals surface area contributed by atoms with Crippen LogP contribution in [0.1, 0.15) is 31.7 Å². The number of nitrogens with one attached hydrogen (secondary N) is 2. The van der Waals surface area contributed by atoms with Crippen molar-refractivity contribution in [2.45, 2.75) is 32.2 Å². The Hall–Kier alpha value is -4.10. The number of hydrogen-bond donors (Lipinski definition) is 4. The van der Waals surface area contributed by atoms with Crippen LogP contribution in [0.4, 0.5) is 8.78 Å². The van der Waals surface area contributed by atoms with Crippen LogP contribution >= 0.6 is 0 Å². The summed E-state index contributed by atoms with van der Waals surface area (Å²) in [5.74, 6) is 8.84. The summed E-state index contributed by atoms with van der Waals surface area (Å²) in [5, 5.41) is 7.26. The summed E-state index contributed by atoms with van der Waals surface area (Å²) in [4.78, 5) is 24.1. The molecule has 1 aliphatic rings. The van der Waals surface area contributed by atoms with Crippen molar-refractivity contribution in [2.75, 3.05) is 13.1 Å². The Morgan fingerprint density at radius 2 is 1.97 bits per heavy atom. The van der Waals surface area contributed by atoms with E-state index >= 15 is 0 Å². The Morgan fingerprint density at radius 1 is 1.26 bits per heavy atom. The number of rotatable bonds is 7. The van der Waals surface area contributed by atoms with E-state index in [1.807, 2.05) is 0 Å². The second kappa shape index (κ2) is 11.4. The molecule has 2 unspecified atom stereocenters. The van der Waals surface area contributed by atoms with E-state index in [1.165, 1.54) is 11.1 Å². The Kier molecular flexibility index (Phi) is 8.28. The number of amides is 2. The summed E-state index contributed by atoms with van der Waals surface area (Å²) in [6.45, 7) is 4.16. The number of hydrazine groups is 1. The largest absolute Gasteiger partial charge is 0.454 e. The lowest BCUT2D eigenvalue weighted by molar-refractivity contribution is -0.116. The van der Waals surface area contributed by atoms with Crippen LogP contribution in [-0.2, 0) is 9.59 Å². The molecule has 2 amide bonds. The van der Waals surface area contributed by atoms with Gasteiger partial charge in [0.2, 0.25) is 5.91 Å². The van der Waals surface area contributed by atoms with Gasteiger partial charge in [-0.2, -0.15) is 0 Å². The van der Waals surface area contributed by atoms with Crippen molar-refractivity contribution in [2.24, 2.45) is 11.6 Å². The van der Waals surface area contributed by atoms with E-state index in [4.69, 9.17) is 16.3 Å². The van der Waals surface area contributed by atoms with Gasteiger partial charge in [-0.3, -0.25) is 14.6 Å². The van der Waals surface area contributed by atoms with E-state index in [9.17, 15) is 18.4 Å². The summed E-state index contributed by atoms with van der Waals surface area (Å²) in [7, 11) is 0. The van der Waals surface area contributed by atoms with Gasteiger partial charge in [0.25, 0.3) is 5.91 Å². The lowest BCUT2D eigenvalue weighted by Gasteiger charge is -2.38. The van der Waals surface area contributed by atoms with Crippen LogP contribution in [-0.4, -0.2) is 36.0 Å². The molecule has 0 aliphatic carbocycles. The third-order valence-electron chi connectivity index (χ3n) is 5.61. The third kappa shape index (κ3) is 6.28. The van der Waals surface area contributed by atoms with E-state index in [0.29, 0.717) is 24.5 Å². The average molecular weight is 484 g/mol. The molecule has 0 spiro atoms. The Morgan fingerprint density at radius 3 is 2.60 bits per heavy atom.